The van der Waals surface area contributed by atoms with Crippen molar-refractivity contribution in [3.8, 4) is 11.4 Å². The number of fused-ring (bicyclic) bond motifs is 1. The molecule has 0 radical (unpaired) electrons. The molecule has 124 valence electrons. The van der Waals surface area contributed by atoms with Crippen molar-refractivity contribution >= 4 is 22.9 Å². The summed E-state index contributed by atoms with van der Waals surface area (Å²) in [6.45, 7) is 0. The quantitative estimate of drug-likeness (QED) is 0.601. The minimum Gasteiger partial charge on any atom is -0.497 e. The maximum atomic E-state index is 12.4. The number of para-hydroxylation sites is 2. The fraction of sp³-hybridized carbons (Fsp3) is 0.0556. The highest BCUT2D eigenvalue weighted by molar-refractivity contribution is 6.02. The molecule has 0 saturated carbocycles. The molecule has 7 heteroatoms. The highest BCUT2D eigenvalue weighted by Gasteiger charge is 2.12. The molecule has 2 N–H and O–H groups in total. The Balaban J connectivity index is 1.53. The number of aromatic amines is 1. The number of rotatable bonds is 4. The van der Waals surface area contributed by atoms with Gasteiger partial charge in [-0.1, -0.05) is 12.1 Å². The van der Waals surface area contributed by atoms with Gasteiger partial charge in [0.25, 0.3) is 5.91 Å². The number of hydrogen-bond acceptors (Lipinski definition) is 4. The molecule has 0 aliphatic carbocycles. The molecule has 0 unspecified atom stereocenters. The van der Waals surface area contributed by atoms with Crippen LogP contribution in [0.4, 0.5) is 5.95 Å². The second kappa shape index (κ2) is 6.12. The van der Waals surface area contributed by atoms with Crippen LogP contribution in [-0.2, 0) is 0 Å². The number of carbonyl (C=O) groups excluding carboxylic acids is 1. The number of nitrogens with zero attached hydrogens (tertiary/aromatic N) is 3. The minimum absolute atomic E-state index is 0.302. The average Bonchev–Trinajstić information content (AvgIpc) is 3.28. The zero-order valence-corrected chi connectivity index (χ0v) is 13.4. The van der Waals surface area contributed by atoms with E-state index in [9.17, 15) is 4.79 Å². The molecule has 25 heavy (non-hydrogen) atoms. The van der Waals surface area contributed by atoms with Crippen LogP contribution in [0.5, 0.6) is 5.75 Å². The largest absolute Gasteiger partial charge is 0.497 e. The number of carbonyl (C=O) groups is 1. The number of methoxy groups -OCH3 is 1. The topological polar surface area (TPSA) is 84.8 Å². The normalized spacial score (nSPS) is 10.8. The van der Waals surface area contributed by atoms with Crippen LogP contribution in [0.2, 0.25) is 0 Å². The van der Waals surface area contributed by atoms with E-state index in [1.807, 2.05) is 48.5 Å². The molecule has 0 aliphatic rings. The van der Waals surface area contributed by atoms with E-state index in [1.54, 1.807) is 24.1 Å². The van der Waals surface area contributed by atoms with Gasteiger partial charge in [0.15, 0.2) is 5.69 Å². The summed E-state index contributed by atoms with van der Waals surface area (Å²) >= 11 is 0. The lowest BCUT2D eigenvalue weighted by Crippen LogP contribution is -2.14. The summed E-state index contributed by atoms with van der Waals surface area (Å²) < 4.78 is 6.77. The van der Waals surface area contributed by atoms with Crippen molar-refractivity contribution < 1.29 is 9.53 Å². The molecule has 2 heterocycles. The number of hydrogen-bond donors (Lipinski definition) is 2. The monoisotopic (exact) mass is 333 g/mol. The van der Waals surface area contributed by atoms with E-state index in [4.69, 9.17) is 4.74 Å². The van der Waals surface area contributed by atoms with Crippen molar-refractivity contribution in [1.82, 2.24) is 19.7 Å². The molecule has 0 bridgehead atoms. The van der Waals surface area contributed by atoms with Gasteiger partial charge in [-0.15, -0.1) is 0 Å². The summed E-state index contributed by atoms with van der Waals surface area (Å²) in [7, 11) is 1.61. The van der Waals surface area contributed by atoms with Crippen LogP contribution in [0.3, 0.4) is 0 Å². The molecule has 0 saturated heterocycles. The third-order valence-electron chi connectivity index (χ3n) is 3.78. The molecule has 4 rings (SSSR count). The maximum Gasteiger partial charge on any atom is 0.278 e. The summed E-state index contributed by atoms with van der Waals surface area (Å²) in [5.41, 5.74) is 2.79. The van der Waals surface area contributed by atoms with Crippen molar-refractivity contribution in [2.75, 3.05) is 12.4 Å². The van der Waals surface area contributed by atoms with E-state index in [0.29, 0.717) is 11.6 Å². The summed E-state index contributed by atoms with van der Waals surface area (Å²) in [6.07, 6.45) is 1.73. The first-order valence-electron chi connectivity index (χ1n) is 7.69. The van der Waals surface area contributed by atoms with Crippen LogP contribution in [0.25, 0.3) is 16.7 Å². The average molecular weight is 333 g/mol. The minimum atomic E-state index is -0.327. The van der Waals surface area contributed by atoms with Crippen LogP contribution >= 0.6 is 0 Å². The highest BCUT2D eigenvalue weighted by Crippen LogP contribution is 2.16. The molecule has 0 fully saturated rings. The Morgan fingerprint density at radius 1 is 1.12 bits per heavy atom. The number of benzene rings is 2. The van der Waals surface area contributed by atoms with E-state index in [2.05, 4.69) is 20.4 Å². The number of imidazole rings is 1. The fourth-order valence-electron chi connectivity index (χ4n) is 2.51. The van der Waals surface area contributed by atoms with Crippen molar-refractivity contribution in [2.24, 2.45) is 0 Å². The van der Waals surface area contributed by atoms with E-state index in [-0.39, 0.29) is 5.91 Å². The van der Waals surface area contributed by atoms with Gasteiger partial charge in [-0.2, -0.15) is 5.10 Å². The number of amides is 1. The maximum absolute atomic E-state index is 12.4. The van der Waals surface area contributed by atoms with Crippen molar-refractivity contribution in [3.05, 3.63) is 66.5 Å². The lowest BCUT2D eigenvalue weighted by atomic mass is 10.3. The lowest BCUT2D eigenvalue weighted by Gasteiger charge is -2.03. The Kier molecular flexibility index (Phi) is 3.66. The van der Waals surface area contributed by atoms with E-state index in [1.165, 1.54) is 0 Å². The van der Waals surface area contributed by atoms with Gasteiger partial charge in [0.2, 0.25) is 5.95 Å². The molecular formula is C18H15N5O2. The summed E-state index contributed by atoms with van der Waals surface area (Å²) in [6, 6.07) is 16.6. The van der Waals surface area contributed by atoms with E-state index >= 15 is 0 Å². The summed E-state index contributed by atoms with van der Waals surface area (Å²) in [5, 5.41) is 7.04. The van der Waals surface area contributed by atoms with Crippen molar-refractivity contribution in [2.45, 2.75) is 0 Å². The number of H-pyrrole nitrogens is 1. The van der Waals surface area contributed by atoms with Gasteiger partial charge in [0, 0.05) is 6.20 Å². The highest BCUT2D eigenvalue weighted by atomic mass is 16.5. The van der Waals surface area contributed by atoms with Crippen LogP contribution in [0, 0.1) is 0 Å². The number of ether oxygens (including phenoxy) is 1. The molecule has 4 aromatic rings. The van der Waals surface area contributed by atoms with Gasteiger partial charge in [-0.25, -0.2) is 9.67 Å². The third kappa shape index (κ3) is 2.94. The van der Waals surface area contributed by atoms with Gasteiger partial charge in [-0.3, -0.25) is 10.1 Å². The van der Waals surface area contributed by atoms with Gasteiger partial charge in [-0.05, 0) is 42.5 Å². The van der Waals surface area contributed by atoms with Crippen LogP contribution in [-0.4, -0.2) is 32.8 Å². The molecule has 2 aromatic heterocycles. The SMILES string of the molecule is COc1ccc(-n2ccc(C(=O)Nc3nc4ccccc4[nH]3)n2)cc1. The first-order chi connectivity index (χ1) is 12.2. The van der Waals surface area contributed by atoms with Gasteiger partial charge >= 0.3 is 0 Å². The predicted molar refractivity (Wildman–Crippen MR) is 94.2 cm³/mol. The fourth-order valence-corrected chi connectivity index (χ4v) is 2.51. The van der Waals surface area contributed by atoms with Gasteiger partial charge in [0.1, 0.15) is 5.75 Å². The van der Waals surface area contributed by atoms with Crippen LogP contribution in [0.1, 0.15) is 10.5 Å². The Hall–Kier alpha value is -3.61. The second-order valence-corrected chi connectivity index (χ2v) is 5.40. The molecule has 0 atom stereocenters. The van der Waals surface area contributed by atoms with Crippen molar-refractivity contribution in [3.63, 3.8) is 0 Å². The molecule has 0 aliphatic heterocycles. The molecule has 1 amide bonds. The Bertz CT molecular complexity index is 1000. The second-order valence-electron chi connectivity index (χ2n) is 5.40. The van der Waals surface area contributed by atoms with Crippen molar-refractivity contribution in [1.29, 1.82) is 0 Å². The number of anilines is 1. The Morgan fingerprint density at radius 3 is 2.68 bits per heavy atom. The van der Waals surface area contributed by atoms with E-state index in [0.717, 1.165) is 22.5 Å². The summed E-state index contributed by atoms with van der Waals surface area (Å²) in [4.78, 5) is 19.8. The first-order valence-corrected chi connectivity index (χ1v) is 7.69. The van der Waals surface area contributed by atoms with Crippen LogP contribution < -0.4 is 10.1 Å². The molecular weight excluding hydrogens is 318 g/mol. The Labute approximate surface area is 143 Å². The molecule has 0 spiro atoms. The molecule has 7 nitrogen and oxygen atoms in total. The zero-order valence-electron chi connectivity index (χ0n) is 13.4. The summed E-state index contributed by atoms with van der Waals surface area (Å²) in [5.74, 6) is 0.829. The number of nitrogens with one attached hydrogen (secondary N) is 2. The van der Waals surface area contributed by atoms with Gasteiger partial charge in [0.05, 0.1) is 23.8 Å². The first kappa shape index (κ1) is 14.9. The number of aromatic nitrogens is 4. The van der Waals surface area contributed by atoms with E-state index < -0.39 is 0 Å². The van der Waals surface area contributed by atoms with Gasteiger partial charge < -0.3 is 9.72 Å². The molecule has 2 aromatic carbocycles. The Morgan fingerprint density at radius 2 is 1.92 bits per heavy atom. The lowest BCUT2D eigenvalue weighted by molar-refractivity contribution is 0.102. The standard InChI is InChI=1S/C18H15N5O2/c1-25-13-8-6-12(7-9-13)23-11-10-16(22-23)17(24)21-18-19-14-4-2-3-5-15(14)20-18/h2-11H,1H3,(H2,19,20,21,24). The predicted octanol–water partition coefficient (Wildman–Crippen LogP) is 3.01. The smallest absolute Gasteiger partial charge is 0.278 e. The zero-order chi connectivity index (χ0) is 17.2. The van der Waals surface area contributed by atoms with Crippen LogP contribution in [0.15, 0.2) is 60.8 Å². The third-order valence-corrected chi connectivity index (χ3v) is 3.78.